The van der Waals surface area contributed by atoms with Crippen LogP contribution < -0.4 is 9.80 Å². The highest BCUT2D eigenvalue weighted by Gasteiger charge is 2.53. The van der Waals surface area contributed by atoms with Gasteiger partial charge in [-0.05, 0) is 168 Å². The molecule has 1 aromatic heterocycles. The van der Waals surface area contributed by atoms with Gasteiger partial charge < -0.3 is 14.2 Å². The molecule has 4 aliphatic rings. The molecule has 3 nitrogen and oxygen atoms in total. The summed E-state index contributed by atoms with van der Waals surface area (Å²) in [6.07, 6.45) is 0. The van der Waals surface area contributed by atoms with Crippen LogP contribution in [0.25, 0.3) is 66.4 Å². The number of furan rings is 1. The van der Waals surface area contributed by atoms with Crippen molar-refractivity contribution < 1.29 is 4.42 Å². The molecule has 0 atom stereocenters. The number of benzene rings is 12. The normalized spacial score (nSPS) is 14.2. The molecular formula is C74H46N2O. The van der Waals surface area contributed by atoms with E-state index < -0.39 is 10.8 Å². The van der Waals surface area contributed by atoms with Crippen molar-refractivity contribution in [1.82, 2.24) is 0 Å². The number of hydrogen-bond donors (Lipinski definition) is 0. The van der Waals surface area contributed by atoms with Crippen LogP contribution in [0.15, 0.2) is 283 Å². The third kappa shape index (κ3) is 5.59. The van der Waals surface area contributed by atoms with Crippen molar-refractivity contribution in [3.05, 3.63) is 324 Å². The third-order valence-electron chi connectivity index (χ3n) is 17.5. The monoisotopic (exact) mass is 978 g/mol. The molecule has 0 N–H and O–H groups in total. The standard InChI is InChI=1S/C74H46N2O/c1-2-18-49(19-3-1)76-69-31-15-13-29-65(69)74(66-30-14-16-32-70(66)76)64-28-12-7-23-56(64)58-42-40-52(46-68(58)74)75(50-37-34-47(35-38-50)48-36-43-72-60(44-48)59-24-8-17-33-71(59)77-72)51-39-41-57-55-22-6-11-27-63(55)73(67(57)45-51)61-25-9-4-20-53(61)54-21-5-10-26-62(54)73/h1-46H. The van der Waals surface area contributed by atoms with Gasteiger partial charge in [-0.2, -0.15) is 0 Å². The molecule has 2 spiro atoms. The minimum Gasteiger partial charge on any atom is -0.456 e. The van der Waals surface area contributed by atoms with E-state index in [2.05, 4.69) is 277 Å². The molecule has 0 bridgehead atoms. The van der Waals surface area contributed by atoms with Gasteiger partial charge in [-0.3, -0.25) is 0 Å². The van der Waals surface area contributed by atoms with E-state index >= 15 is 0 Å². The van der Waals surface area contributed by atoms with Crippen LogP contribution in [0.1, 0.15) is 44.5 Å². The summed E-state index contributed by atoms with van der Waals surface area (Å²) in [6, 6.07) is 104. The molecule has 17 rings (SSSR count). The molecule has 2 heterocycles. The molecule has 358 valence electrons. The Morgan fingerprint density at radius 2 is 0.675 bits per heavy atom. The number of hydrogen-bond acceptors (Lipinski definition) is 3. The fourth-order valence-corrected chi connectivity index (χ4v) is 14.5. The highest BCUT2D eigenvalue weighted by molar-refractivity contribution is 6.06. The lowest BCUT2D eigenvalue weighted by atomic mass is 9.64. The Labute approximate surface area is 446 Å². The lowest BCUT2D eigenvalue weighted by molar-refractivity contribution is 0.669. The van der Waals surface area contributed by atoms with Crippen LogP contribution in [-0.4, -0.2) is 0 Å². The van der Waals surface area contributed by atoms with Gasteiger partial charge in [0.05, 0.1) is 22.2 Å². The molecule has 77 heavy (non-hydrogen) atoms. The van der Waals surface area contributed by atoms with E-state index in [4.69, 9.17) is 4.42 Å². The van der Waals surface area contributed by atoms with E-state index in [9.17, 15) is 0 Å². The lowest BCUT2D eigenvalue weighted by Gasteiger charge is -2.45. The van der Waals surface area contributed by atoms with Crippen LogP contribution in [0, 0.1) is 0 Å². The molecule has 0 saturated carbocycles. The number of anilines is 6. The summed E-state index contributed by atoms with van der Waals surface area (Å²) in [5.41, 5.74) is 27.8. The molecule has 3 aliphatic carbocycles. The summed E-state index contributed by atoms with van der Waals surface area (Å²) in [6.45, 7) is 0. The van der Waals surface area contributed by atoms with Crippen LogP contribution in [0.2, 0.25) is 0 Å². The molecule has 0 unspecified atom stereocenters. The summed E-state index contributed by atoms with van der Waals surface area (Å²) >= 11 is 0. The van der Waals surface area contributed by atoms with Crippen LogP contribution in [0.3, 0.4) is 0 Å². The predicted molar refractivity (Wildman–Crippen MR) is 316 cm³/mol. The predicted octanol–water partition coefficient (Wildman–Crippen LogP) is 19.2. The molecule has 0 fully saturated rings. The minimum atomic E-state index is -0.618. The van der Waals surface area contributed by atoms with Crippen molar-refractivity contribution in [3.8, 4) is 44.5 Å². The zero-order valence-electron chi connectivity index (χ0n) is 41.9. The largest absolute Gasteiger partial charge is 0.456 e. The molecule has 13 aromatic rings. The van der Waals surface area contributed by atoms with Gasteiger partial charge in [0.25, 0.3) is 0 Å². The highest BCUT2D eigenvalue weighted by Crippen LogP contribution is 2.66. The Kier molecular flexibility index (Phi) is 8.69. The quantitative estimate of drug-likeness (QED) is 0.171. The van der Waals surface area contributed by atoms with Gasteiger partial charge in [0.1, 0.15) is 11.2 Å². The van der Waals surface area contributed by atoms with Crippen molar-refractivity contribution in [2.24, 2.45) is 0 Å². The fraction of sp³-hybridized carbons (Fsp3) is 0.0270. The first-order chi connectivity index (χ1) is 38.2. The zero-order valence-corrected chi connectivity index (χ0v) is 41.9. The molecule has 0 amide bonds. The second-order valence-corrected chi connectivity index (χ2v) is 21.0. The van der Waals surface area contributed by atoms with E-state index in [1.54, 1.807) is 0 Å². The first-order valence-electron chi connectivity index (χ1n) is 26.7. The average molecular weight is 979 g/mol. The summed E-state index contributed by atoms with van der Waals surface area (Å²) in [7, 11) is 0. The van der Waals surface area contributed by atoms with Gasteiger partial charge in [0.15, 0.2) is 0 Å². The van der Waals surface area contributed by atoms with Crippen molar-refractivity contribution in [2.75, 3.05) is 9.80 Å². The molecule has 3 heteroatoms. The van der Waals surface area contributed by atoms with E-state index in [1.807, 2.05) is 12.1 Å². The fourth-order valence-electron chi connectivity index (χ4n) is 14.5. The van der Waals surface area contributed by atoms with Crippen LogP contribution in [0.4, 0.5) is 34.1 Å². The topological polar surface area (TPSA) is 19.6 Å². The van der Waals surface area contributed by atoms with Crippen molar-refractivity contribution in [2.45, 2.75) is 10.8 Å². The summed E-state index contributed by atoms with van der Waals surface area (Å²) in [5.74, 6) is 0. The van der Waals surface area contributed by atoms with Gasteiger partial charge >= 0.3 is 0 Å². The van der Waals surface area contributed by atoms with E-state index in [1.165, 1.54) is 89.3 Å². The second kappa shape index (κ2) is 15.8. The van der Waals surface area contributed by atoms with Crippen LogP contribution in [-0.2, 0) is 10.8 Å². The molecule has 0 radical (unpaired) electrons. The smallest absolute Gasteiger partial charge is 0.135 e. The van der Waals surface area contributed by atoms with Crippen molar-refractivity contribution in [1.29, 1.82) is 0 Å². The molecule has 0 saturated heterocycles. The molecule has 1 aliphatic heterocycles. The zero-order chi connectivity index (χ0) is 50.4. The maximum Gasteiger partial charge on any atom is 0.135 e. The second-order valence-electron chi connectivity index (χ2n) is 21.0. The summed E-state index contributed by atoms with van der Waals surface area (Å²) in [4.78, 5) is 4.97. The number of rotatable bonds is 5. The maximum atomic E-state index is 6.27. The van der Waals surface area contributed by atoms with E-state index in [0.29, 0.717) is 0 Å². The summed E-state index contributed by atoms with van der Waals surface area (Å²) in [5, 5.41) is 2.25. The Morgan fingerprint density at radius 3 is 1.22 bits per heavy atom. The van der Waals surface area contributed by atoms with Crippen LogP contribution in [0.5, 0.6) is 0 Å². The van der Waals surface area contributed by atoms with Gasteiger partial charge in [-0.15, -0.1) is 0 Å². The molecular weight excluding hydrogens is 933 g/mol. The lowest BCUT2D eigenvalue weighted by Crippen LogP contribution is -2.36. The number of nitrogens with zero attached hydrogens (tertiary/aromatic N) is 2. The molecule has 12 aromatic carbocycles. The third-order valence-corrected chi connectivity index (χ3v) is 17.5. The average Bonchev–Trinajstić information content (AvgIpc) is 4.30. The van der Waals surface area contributed by atoms with Gasteiger partial charge in [-0.25, -0.2) is 0 Å². The van der Waals surface area contributed by atoms with Gasteiger partial charge in [-0.1, -0.05) is 200 Å². The van der Waals surface area contributed by atoms with Crippen molar-refractivity contribution >= 4 is 56.1 Å². The number of fused-ring (bicyclic) bond motifs is 22. The van der Waals surface area contributed by atoms with Gasteiger partial charge in [0, 0.05) is 33.5 Å². The van der Waals surface area contributed by atoms with Crippen LogP contribution >= 0.6 is 0 Å². The Bertz CT molecular complexity index is 4490. The maximum absolute atomic E-state index is 6.27. The first-order valence-corrected chi connectivity index (χ1v) is 26.7. The minimum absolute atomic E-state index is 0.496. The van der Waals surface area contributed by atoms with Crippen molar-refractivity contribution in [3.63, 3.8) is 0 Å². The Hall–Kier alpha value is -9.96. The van der Waals surface area contributed by atoms with E-state index in [0.717, 1.165) is 55.8 Å². The Balaban J connectivity index is 0.909. The van der Waals surface area contributed by atoms with Gasteiger partial charge in [0.2, 0.25) is 0 Å². The number of para-hydroxylation sites is 4. The summed E-state index contributed by atoms with van der Waals surface area (Å²) < 4.78 is 6.27. The Morgan fingerprint density at radius 1 is 0.273 bits per heavy atom. The highest BCUT2D eigenvalue weighted by atomic mass is 16.3. The SMILES string of the molecule is c1ccc(N2c3ccccc3C3(c4ccccc4-c4ccc(N(c5ccc(-c6ccc7oc8ccccc8c7c6)cc5)c5ccc6c(c5)C5(c7ccccc7-c7ccccc75)c5ccccc5-6)cc43)c3ccccc32)cc1. The first kappa shape index (κ1) is 42.4. The van der Waals surface area contributed by atoms with E-state index in [-0.39, 0.29) is 0 Å².